The van der Waals surface area contributed by atoms with Crippen LogP contribution in [0.1, 0.15) is 24.3 Å². The maximum atomic E-state index is 13.5. The van der Waals surface area contributed by atoms with Crippen molar-refractivity contribution in [3.8, 4) is 0 Å². The fourth-order valence-electron chi connectivity index (χ4n) is 1.98. The van der Waals surface area contributed by atoms with Crippen molar-refractivity contribution in [1.29, 1.82) is 0 Å². The summed E-state index contributed by atoms with van der Waals surface area (Å²) in [4.78, 5) is 0. The van der Waals surface area contributed by atoms with Crippen LogP contribution in [-0.2, 0) is 4.74 Å². The molecule has 1 aliphatic heterocycles. The topological polar surface area (TPSA) is 9.23 Å². The summed E-state index contributed by atoms with van der Waals surface area (Å²) in [6.45, 7) is 0.636. The molecule has 0 aromatic heterocycles. The lowest BCUT2D eigenvalue weighted by atomic mass is 9.91. The molecule has 0 radical (unpaired) electrons. The molecule has 0 bridgehead atoms. The number of halogens is 2. The lowest BCUT2D eigenvalue weighted by Gasteiger charge is -2.28. The second-order valence-corrected chi connectivity index (χ2v) is 4.55. The van der Waals surface area contributed by atoms with Gasteiger partial charge in [-0.3, -0.25) is 0 Å². The van der Waals surface area contributed by atoms with Crippen molar-refractivity contribution in [3.05, 3.63) is 35.6 Å². The first-order valence-electron chi connectivity index (χ1n) is 5.23. The lowest BCUT2D eigenvalue weighted by Crippen LogP contribution is -2.26. The Morgan fingerprint density at radius 3 is 2.73 bits per heavy atom. The molecule has 1 nitrogen and oxygen atoms in total. The predicted octanol–water partition coefficient (Wildman–Crippen LogP) is 3.48. The zero-order valence-electron chi connectivity index (χ0n) is 8.46. The summed E-state index contributed by atoms with van der Waals surface area (Å²) in [5, 5.41) is 0.872. The standard InChI is InChI=1S/C12H14BrFO/c13-7-10-6-5-9(8-15-10)11-3-1-2-4-12(11)14/h1-4,9-10H,5-8H2. The summed E-state index contributed by atoms with van der Waals surface area (Å²) in [5.41, 5.74) is 0.797. The molecule has 1 aromatic rings. The highest BCUT2D eigenvalue weighted by Gasteiger charge is 2.23. The van der Waals surface area contributed by atoms with Gasteiger partial charge in [-0.2, -0.15) is 0 Å². The molecule has 0 spiro atoms. The third-order valence-electron chi connectivity index (χ3n) is 2.89. The Kier molecular flexibility index (Phi) is 3.76. The average molecular weight is 273 g/mol. The van der Waals surface area contributed by atoms with Crippen LogP contribution in [0.5, 0.6) is 0 Å². The molecule has 0 aliphatic carbocycles. The van der Waals surface area contributed by atoms with E-state index in [1.54, 1.807) is 6.07 Å². The minimum atomic E-state index is -0.108. The van der Waals surface area contributed by atoms with Crippen LogP contribution >= 0.6 is 15.9 Å². The molecular formula is C12H14BrFO. The second kappa shape index (κ2) is 5.08. The molecule has 1 aromatic carbocycles. The minimum Gasteiger partial charge on any atom is -0.377 e. The van der Waals surface area contributed by atoms with E-state index in [1.165, 1.54) is 6.07 Å². The van der Waals surface area contributed by atoms with Gasteiger partial charge in [-0.25, -0.2) is 4.39 Å². The van der Waals surface area contributed by atoms with Gasteiger partial charge < -0.3 is 4.74 Å². The second-order valence-electron chi connectivity index (χ2n) is 3.91. The van der Waals surface area contributed by atoms with Crippen LogP contribution in [0.3, 0.4) is 0 Å². The van der Waals surface area contributed by atoms with E-state index in [9.17, 15) is 4.39 Å². The number of rotatable bonds is 2. The Hall–Kier alpha value is -0.410. The van der Waals surface area contributed by atoms with Gasteiger partial charge in [0, 0.05) is 11.2 Å². The maximum absolute atomic E-state index is 13.5. The van der Waals surface area contributed by atoms with E-state index in [2.05, 4.69) is 15.9 Å². The fourth-order valence-corrected chi connectivity index (χ4v) is 2.49. The normalized spacial score (nSPS) is 26.5. The van der Waals surface area contributed by atoms with E-state index >= 15 is 0 Å². The predicted molar refractivity (Wildman–Crippen MR) is 61.9 cm³/mol. The molecule has 1 saturated heterocycles. The molecule has 3 heteroatoms. The fraction of sp³-hybridized carbons (Fsp3) is 0.500. The summed E-state index contributed by atoms with van der Waals surface area (Å²) < 4.78 is 19.1. The van der Waals surface area contributed by atoms with Crippen molar-refractivity contribution in [3.63, 3.8) is 0 Å². The quantitative estimate of drug-likeness (QED) is 0.749. The Bertz CT molecular complexity index is 321. The summed E-state index contributed by atoms with van der Waals surface area (Å²) in [6, 6.07) is 6.99. The summed E-state index contributed by atoms with van der Waals surface area (Å²) in [7, 11) is 0. The molecule has 82 valence electrons. The lowest BCUT2D eigenvalue weighted by molar-refractivity contribution is 0.0184. The zero-order chi connectivity index (χ0) is 10.7. The van der Waals surface area contributed by atoms with Crippen molar-refractivity contribution < 1.29 is 9.13 Å². The van der Waals surface area contributed by atoms with Crippen LogP contribution in [-0.4, -0.2) is 18.0 Å². The van der Waals surface area contributed by atoms with Crippen LogP contribution in [0, 0.1) is 5.82 Å². The molecule has 1 aliphatic rings. The van der Waals surface area contributed by atoms with E-state index in [-0.39, 0.29) is 11.7 Å². The minimum absolute atomic E-state index is 0.108. The number of hydrogen-bond donors (Lipinski definition) is 0. The summed E-state index contributed by atoms with van der Waals surface area (Å²) >= 11 is 3.40. The first kappa shape index (κ1) is 11.1. The van der Waals surface area contributed by atoms with Gasteiger partial charge >= 0.3 is 0 Å². The van der Waals surface area contributed by atoms with Gasteiger partial charge in [0.15, 0.2) is 0 Å². The molecule has 0 amide bonds. The van der Waals surface area contributed by atoms with Crippen molar-refractivity contribution in [2.75, 3.05) is 11.9 Å². The number of hydrogen-bond acceptors (Lipinski definition) is 1. The van der Waals surface area contributed by atoms with Gasteiger partial charge in [0.05, 0.1) is 12.7 Å². The molecule has 2 atom stereocenters. The van der Waals surface area contributed by atoms with Crippen LogP contribution in [0.25, 0.3) is 0 Å². The first-order chi connectivity index (χ1) is 7.31. The monoisotopic (exact) mass is 272 g/mol. The molecule has 2 unspecified atom stereocenters. The SMILES string of the molecule is Fc1ccccc1C1CCC(CBr)OC1. The van der Waals surface area contributed by atoms with Crippen molar-refractivity contribution >= 4 is 15.9 Å². The number of ether oxygens (including phenoxy) is 1. The highest BCUT2D eigenvalue weighted by molar-refractivity contribution is 9.09. The number of alkyl halides is 1. The number of benzene rings is 1. The summed E-state index contributed by atoms with van der Waals surface area (Å²) in [5.74, 6) is 0.116. The van der Waals surface area contributed by atoms with Crippen LogP contribution in [0.15, 0.2) is 24.3 Å². The van der Waals surface area contributed by atoms with Crippen molar-refractivity contribution in [1.82, 2.24) is 0 Å². The van der Waals surface area contributed by atoms with Crippen molar-refractivity contribution in [2.24, 2.45) is 0 Å². The molecular weight excluding hydrogens is 259 g/mol. The zero-order valence-corrected chi connectivity index (χ0v) is 10.0. The van der Waals surface area contributed by atoms with Gasteiger partial charge in [-0.05, 0) is 24.5 Å². The van der Waals surface area contributed by atoms with Gasteiger partial charge in [-0.1, -0.05) is 34.1 Å². The third-order valence-corrected chi connectivity index (χ3v) is 3.61. The van der Waals surface area contributed by atoms with Crippen LogP contribution < -0.4 is 0 Å². The maximum Gasteiger partial charge on any atom is 0.126 e. The van der Waals surface area contributed by atoms with Gasteiger partial charge in [0.2, 0.25) is 0 Å². The van der Waals surface area contributed by atoms with E-state index in [0.717, 1.165) is 23.7 Å². The molecule has 15 heavy (non-hydrogen) atoms. The van der Waals surface area contributed by atoms with Crippen molar-refractivity contribution in [2.45, 2.75) is 24.9 Å². The van der Waals surface area contributed by atoms with E-state index in [0.29, 0.717) is 12.7 Å². The van der Waals surface area contributed by atoms with E-state index in [4.69, 9.17) is 4.74 Å². The van der Waals surface area contributed by atoms with E-state index < -0.39 is 0 Å². The largest absolute Gasteiger partial charge is 0.377 e. The molecule has 1 heterocycles. The Labute approximate surface area is 97.8 Å². The molecule has 1 fully saturated rings. The molecule has 0 saturated carbocycles. The van der Waals surface area contributed by atoms with E-state index in [1.807, 2.05) is 12.1 Å². The highest BCUT2D eigenvalue weighted by Crippen LogP contribution is 2.30. The van der Waals surface area contributed by atoms with Gasteiger partial charge in [0.1, 0.15) is 5.82 Å². The third kappa shape index (κ3) is 2.58. The average Bonchev–Trinajstić information content (AvgIpc) is 2.30. The Balaban J connectivity index is 2.04. The molecule has 2 rings (SSSR count). The summed E-state index contributed by atoms with van der Waals surface area (Å²) in [6.07, 6.45) is 2.31. The van der Waals surface area contributed by atoms with Gasteiger partial charge in [-0.15, -0.1) is 0 Å². The van der Waals surface area contributed by atoms with Crippen LogP contribution in [0.2, 0.25) is 0 Å². The smallest absolute Gasteiger partial charge is 0.126 e. The Morgan fingerprint density at radius 2 is 2.13 bits per heavy atom. The van der Waals surface area contributed by atoms with Gasteiger partial charge in [0.25, 0.3) is 0 Å². The first-order valence-corrected chi connectivity index (χ1v) is 6.35. The highest BCUT2D eigenvalue weighted by atomic mass is 79.9. The Morgan fingerprint density at radius 1 is 1.33 bits per heavy atom. The molecule has 0 N–H and O–H groups in total. The van der Waals surface area contributed by atoms with Crippen LogP contribution in [0.4, 0.5) is 4.39 Å².